The van der Waals surface area contributed by atoms with Crippen LogP contribution < -0.4 is 21.1 Å². The third-order valence-electron chi connectivity index (χ3n) is 5.29. The Kier molecular flexibility index (Phi) is 8.26. The van der Waals surface area contributed by atoms with Gasteiger partial charge in [0.1, 0.15) is 12.4 Å². The zero-order valence-electron chi connectivity index (χ0n) is 17.8. The number of hydrogen-bond acceptors (Lipinski definition) is 5. The Hall–Kier alpha value is -3.10. The van der Waals surface area contributed by atoms with Crippen LogP contribution >= 0.6 is 0 Å². The minimum absolute atomic E-state index is 0.199. The quantitative estimate of drug-likeness (QED) is 0.572. The highest BCUT2D eigenvalue weighted by molar-refractivity contribution is 5.95. The number of primary amides is 1. The van der Waals surface area contributed by atoms with E-state index in [1.807, 2.05) is 24.3 Å². The predicted octanol–water partition coefficient (Wildman–Crippen LogP) is 2.60. The second-order valence-electron chi connectivity index (χ2n) is 7.57. The highest BCUT2D eigenvalue weighted by Crippen LogP contribution is 2.16. The van der Waals surface area contributed by atoms with Crippen molar-refractivity contribution in [2.75, 3.05) is 38.7 Å². The maximum absolute atomic E-state index is 12.4. The van der Waals surface area contributed by atoms with Crippen molar-refractivity contribution in [3.8, 4) is 5.75 Å². The monoisotopic (exact) mass is 426 g/mol. The van der Waals surface area contributed by atoms with Gasteiger partial charge in [-0.15, -0.1) is 0 Å². The van der Waals surface area contributed by atoms with E-state index in [4.69, 9.17) is 15.2 Å². The molecule has 2 aromatic rings. The summed E-state index contributed by atoms with van der Waals surface area (Å²) < 4.78 is 11.3. The van der Waals surface area contributed by atoms with Gasteiger partial charge in [0.15, 0.2) is 0 Å². The number of nitrogens with one attached hydrogen (secondary N) is 2. The van der Waals surface area contributed by atoms with Crippen molar-refractivity contribution >= 4 is 17.6 Å². The second-order valence-corrected chi connectivity index (χ2v) is 7.57. The van der Waals surface area contributed by atoms with E-state index in [1.54, 1.807) is 24.3 Å². The van der Waals surface area contributed by atoms with Crippen molar-refractivity contribution in [3.05, 3.63) is 59.7 Å². The summed E-state index contributed by atoms with van der Waals surface area (Å²) in [5.74, 6) is 0.587. The Morgan fingerprint density at radius 1 is 1.16 bits per heavy atom. The molecule has 4 N–H and O–H groups in total. The highest BCUT2D eigenvalue weighted by atomic mass is 16.5. The molecule has 0 bridgehead atoms. The van der Waals surface area contributed by atoms with Crippen LogP contribution in [0.15, 0.2) is 48.5 Å². The lowest BCUT2D eigenvalue weighted by Crippen LogP contribution is -2.38. The average molecular weight is 427 g/mol. The molecular weight excluding hydrogens is 396 g/mol. The molecule has 0 aliphatic carbocycles. The first kappa shape index (κ1) is 22.6. The number of ether oxygens (including phenoxy) is 2. The van der Waals surface area contributed by atoms with Gasteiger partial charge in [0, 0.05) is 43.6 Å². The molecule has 2 aromatic carbocycles. The number of carbonyl (C=O) groups is 2. The van der Waals surface area contributed by atoms with Crippen molar-refractivity contribution in [2.24, 2.45) is 5.73 Å². The van der Waals surface area contributed by atoms with Gasteiger partial charge < -0.3 is 25.8 Å². The smallest absolute Gasteiger partial charge is 0.316 e. The lowest BCUT2D eigenvalue weighted by Gasteiger charge is -2.31. The van der Waals surface area contributed by atoms with Crippen molar-refractivity contribution in [2.45, 2.75) is 25.4 Å². The van der Waals surface area contributed by atoms with Gasteiger partial charge in [-0.05, 0) is 61.9 Å². The van der Waals surface area contributed by atoms with Gasteiger partial charge in [0.25, 0.3) is 5.91 Å². The summed E-state index contributed by atoms with van der Waals surface area (Å²) in [6.45, 7) is 3.51. The molecule has 3 amide bonds. The molecule has 8 nitrogen and oxygen atoms in total. The molecule has 1 fully saturated rings. The number of urea groups is 1. The molecule has 0 spiro atoms. The molecule has 0 atom stereocenters. The van der Waals surface area contributed by atoms with Crippen molar-refractivity contribution < 1.29 is 19.1 Å². The third kappa shape index (κ3) is 7.27. The average Bonchev–Trinajstić information content (AvgIpc) is 2.78. The highest BCUT2D eigenvalue weighted by Gasteiger charge is 2.18. The number of hydrogen-bond donors (Lipinski definition) is 3. The Bertz CT molecular complexity index is 866. The molecule has 1 saturated heterocycles. The van der Waals surface area contributed by atoms with Crippen LogP contribution in [0.4, 0.5) is 10.5 Å². The Balaban J connectivity index is 1.44. The first-order valence-corrected chi connectivity index (χ1v) is 10.5. The fourth-order valence-electron chi connectivity index (χ4n) is 3.49. The van der Waals surface area contributed by atoms with Crippen LogP contribution in [0.1, 0.15) is 28.8 Å². The molecule has 8 heteroatoms. The van der Waals surface area contributed by atoms with Crippen LogP contribution in [-0.2, 0) is 11.3 Å². The summed E-state index contributed by atoms with van der Waals surface area (Å²) in [6.07, 6.45) is 2.13. The van der Waals surface area contributed by atoms with E-state index in [0.29, 0.717) is 30.4 Å². The lowest BCUT2D eigenvalue weighted by atomic mass is 10.1. The Morgan fingerprint density at radius 2 is 1.90 bits per heavy atom. The maximum atomic E-state index is 12.4. The van der Waals surface area contributed by atoms with Crippen molar-refractivity contribution in [3.63, 3.8) is 0 Å². The number of benzene rings is 2. The van der Waals surface area contributed by atoms with Gasteiger partial charge in [0.2, 0.25) is 0 Å². The third-order valence-corrected chi connectivity index (χ3v) is 5.29. The van der Waals surface area contributed by atoms with Crippen LogP contribution in [-0.4, -0.2) is 56.3 Å². The van der Waals surface area contributed by atoms with E-state index in [9.17, 15) is 9.59 Å². The van der Waals surface area contributed by atoms with Crippen LogP contribution in [0.25, 0.3) is 0 Å². The lowest BCUT2D eigenvalue weighted by molar-refractivity contribution is 0.0392. The topological polar surface area (TPSA) is 106 Å². The molecule has 0 radical (unpaired) electrons. The molecule has 1 aliphatic heterocycles. The summed E-state index contributed by atoms with van der Waals surface area (Å²) in [5.41, 5.74) is 7.07. The van der Waals surface area contributed by atoms with Gasteiger partial charge in [-0.25, -0.2) is 4.79 Å². The maximum Gasteiger partial charge on any atom is 0.316 e. The van der Waals surface area contributed by atoms with Gasteiger partial charge in [-0.3, -0.25) is 9.69 Å². The van der Waals surface area contributed by atoms with Crippen molar-refractivity contribution in [1.29, 1.82) is 0 Å². The summed E-state index contributed by atoms with van der Waals surface area (Å²) in [6, 6.07) is 14.2. The first-order valence-electron chi connectivity index (χ1n) is 10.5. The van der Waals surface area contributed by atoms with E-state index >= 15 is 0 Å². The summed E-state index contributed by atoms with van der Waals surface area (Å²) in [5, 5.41) is 5.36. The standard InChI is InChI=1S/C23H30N4O4/c1-27(20-9-12-30-13-10-20)11-14-31-21-4-2-3-17(15-21)16-25-22(28)18-5-7-19(8-6-18)26-23(24)29/h2-8,15,20H,9-14,16H2,1H3,(H,25,28)(H3,24,26,29). The van der Waals surface area contributed by atoms with E-state index < -0.39 is 6.03 Å². The van der Waals surface area contributed by atoms with Gasteiger partial charge in [0.05, 0.1) is 0 Å². The second kappa shape index (κ2) is 11.3. The van der Waals surface area contributed by atoms with E-state index in [-0.39, 0.29) is 5.91 Å². The molecule has 0 saturated carbocycles. The predicted molar refractivity (Wildman–Crippen MR) is 119 cm³/mol. The summed E-state index contributed by atoms with van der Waals surface area (Å²) in [4.78, 5) is 25.6. The summed E-state index contributed by atoms with van der Waals surface area (Å²) >= 11 is 0. The van der Waals surface area contributed by atoms with Gasteiger partial charge >= 0.3 is 6.03 Å². The van der Waals surface area contributed by atoms with Gasteiger partial charge in [-0.2, -0.15) is 0 Å². The minimum atomic E-state index is -0.644. The van der Waals surface area contributed by atoms with E-state index in [1.165, 1.54) is 0 Å². The largest absolute Gasteiger partial charge is 0.492 e. The molecule has 31 heavy (non-hydrogen) atoms. The molecule has 1 aliphatic rings. The fraction of sp³-hybridized carbons (Fsp3) is 0.391. The normalized spacial score (nSPS) is 14.3. The number of anilines is 1. The van der Waals surface area contributed by atoms with Crippen molar-refractivity contribution in [1.82, 2.24) is 10.2 Å². The number of carbonyl (C=O) groups excluding carboxylic acids is 2. The van der Waals surface area contributed by atoms with Crippen LogP contribution in [0.5, 0.6) is 5.75 Å². The summed E-state index contributed by atoms with van der Waals surface area (Å²) in [7, 11) is 2.13. The zero-order chi connectivity index (χ0) is 22.1. The Labute approximate surface area is 182 Å². The van der Waals surface area contributed by atoms with Crippen LogP contribution in [0.2, 0.25) is 0 Å². The molecule has 0 aromatic heterocycles. The van der Waals surface area contributed by atoms with E-state index in [0.717, 1.165) is 43.9 Å². The molecule has 3 rings (SSSR count). The Morgan fingerprint density at radius 3 is 2.61 bits per heavy atom. The zero-order valence-corrected chi connectivity index (χ0v) is 17.8. The molecule has 166 valence electrons. The molecule has 1 heterocycles. The number of rotatable bonds is 9. The van der Waals surface area contributed by atoms with Crippen LogP contribution in [0.3, 0.4) is 0 Å². The SMILES string of the molecule is CN(CCOc1cccc(CNC(=O)c2ccc(NC(N)=O)cc2)c1)C1CCOCC1. The minimum Gasteiger partial charge on any atom is -0.492 e. The van der Waals surface area contributed by atoms with Gasteiger partial charge in [-0.1, -0.05) is 12.1 Å². The number of nitrogens with two attached hydrogens (primary N) is 1. The van der Waals surface area contributed by atoms with Crippen LogP contribution in [0, 0.1) is 0 Å². The fourth-order valence-corrected chi connectivity index (χ4v) is 3.49. The molecular formula is C23H30N4O4. The van der Waals surface area contributed by atoms with E-state index in [2.05, 4.69) is 22.6 Å². The number of amides is 3. The molecule has 0 unspecified atom stereocenters. The first-order chi connectivity index (χ1) is 15.0. The number of likely N-dealkylation sites (N-methyl/N-ethyl adjacent to an activating group) is 1. The number of nitrogens with zero attached hydrogens (tertiary/aromatic N) is 1.